The van der Waals surface area contributed by atoms with E-state index >= 15 is 0 Å². The van der Waals surface area contributed by atoms with E-state index in [9.17, 15) is 5.11 Å². The van der Waals surface area contributed by atoms with Crippen LogP contribution < -0.4 is 0 Å². The van der Waals surface area contributed by atoms with Gasteiger partial charge in [-0.1, -0.05) is 56.5 Å². The second-order valence-corrected chi connectivity index (χ2v) is 5.46. The lowest BCUT2D eigenvalue weighted by atomic mass is 9.76. The molecule has 0 heterocycles. The van der Waals surface area contributed by atoms with Crippen LogP contribution in [0.3, 0.4) is 0 Å². The molecule has 2 rings (SSSR count). The van der Waals surface area contributed by atoms with Crippen LogP contribution >= 0.6 is 0 Å². The van der Waals surface area contributed by atoms with Crippen molar-refractivity contribution >= 4 is 0 Å². The molecule has 3 atom stereocenters. The van der Waals surface area contributed by atoms with Gasteiger partial charge in [0.05, 0.1) is 6.10 Å². The molecule has 1 heteroatoms. The first-order valence-electron chi connectivity index (χ1n) is 7.01. The zero-order valence-electron chi connectivity index (χ0n) is 10.8. The summed E-state index contributed by atoms with van der Waals surface area (Å²) in [6, 6.07) is 10.4. The average Bonchev–Trinajstić information content (AvgIpc) is 2.40. The summed E-state index contributed by atoms with van der Waals surface area (Å²) in [4.78, 5) is 0. The summed E-state index contributed by atoms with van der Waals surface area (Å²) >= 11 is 0. The molecule has 1 aliphatic rings. The Morgan fingerprint density at radius 2 is 2.00 bits per heavy atom. The highest BCUT2D eigenvalue weighted by molar-refractivity contribution is 5.15. The predicted octanol–water partition coefficient (Wildman–Crippen LogP) is 3.81. The van der Waals surface area contributed by atoms with Gasteiger partial charge in [0.25, 0.3) is 0 Å². The molecule has 94 valence electrons. The largest absolute Gasteiger partial charge is 0.392 e. The Morgan fingerprint density at radius 3 is 2.71 bits per heavy atom. The Kier molecular flexibility index (Phi) is 4.61. The molecule has 0 radical (unpaired) electrons. The van der Waals surface area contributed by atoms with E-state index in [1.54, 1.807) is 0 Å². The van der Waals surface area contributed by atoms with Crippen LogP contribution in [0.25, 0.3) is 0 Å². The van der Waals surface area contributed by atoms with E-state index in [0.29, 0.717) is 5.92 Å². The number of hydrogen-bond acceptors (Lipinski definition) is 1. The Morgan fingerprint density at radius 1 is 1.24 bits per heavy atom. The lowest BCUT2D eigenvalue weighted by molar-refractivity contribution is 0.0685. The quantitative estimate of drug-likeness (QED) is 0.837. The second kappa shape index (κ2) is 6.20. The molecular formula is C16H24O. The minimum Gasteiger partial charge on any atom is -0.392 e. The first kappa shape index (κ1) is 12.6. The number of aliphatic hydroxyl groups is 1. The van der Waals surface area contributed by atoms with Crippen molar-refractivity contribution in [2.24, 2.45) is 11.8 Å². The molecule has 1 aromatic carbocycles. The smallest absolute Gasteiger partial charge is 0.0608 e. The van der Waals surface area contributed by atoms with Crippen LogP contribution in [0.15, 0.2) is 30.3 Å². The van der Waals surface area contributed by atoms with Crippen molar-refractivity contribution in [3.05, 3.63) is 35.9 Å². The number of benzene rings is 1. The molecule has 1 aliphatic carbocycles. The van der Waals surface area contributed by atoms with E-state index in [1.807, 2.05) is 6.07 Å². The zero-order valence-corrected chi connectivity index (χ0v) is 10.8. The van der Waals surface area contributed by atoms with Crippen molar-refractivity contribution in [1.82, 2.24) is 0 Å². The van der Waals surface area contributed by atoms with Crippen LogP contribution in [0.2, 0.25) is 0 Å². The van der Waals surface area contributed by atoms with Gasteiger partial charge in [-0.2, -0.15) is 0 Å². The molecule has 0 aromatic heterocycles. The van der Waals surface area contributed by atoms with Gasteiger partial charge in [0.15, 0.2) is 0 Å². The van der Waals surface area contributed by atoms with Crippen molar-refractivity contribution in [1.29, 1.82) is 0 Å². The molecule has 0 saturated heterocycles. The summed E-state index contributed by atoms with van der Waals surface area (Å²) in [5, 5.41) is 10.3. The SMILES string of the molecule is CCC1CCCC(C(O)Cc2ccccc2)C1. The summed E-state index contributed by atoms with van der Waals surface area (Å²) < 4.78 is 0. The van der Waals surface area contributed by atoms with Gasteiger partial charge in [-0.05, 0) is 36.7 Å². The number of aliphatic hydroxyl groups excluding tert-OH is 1. The topological polar surface area (TPSA) is 20.2 Å². The van der Waals surface area contributed by atoms with Gasteiger partial charge in [0.1, 0.15) is 0 Å². The van der Waals surface area contributed by atoms with Crippen molar-refractivity contribution < 1.29 is 5.11 Å². The lowest BCUT2D eigenvalue weighted by Crippen LogP contribution is -2.28. The van der Waals surface area contributed by atoms with Crippen LogP contribution in [0, 0.1) is 11.8 Å². The molecule has 1 N–H and O–H groups in total. The van der Waals surface area contributed by atoms with Crippen molar-refractivity contribution in [3.8, 4) is 0 Å². The fourth-order valence-corrected chi connectivity index (χ4v) is 3.08. The maximum Gasteiger partial charge on any atom is 0.0608 e. The maximum absolute atomic E-state index is 10.3. The standard InChI is InChI=1S/C16H24O/c1-2-13-9-6-10-15(11-13)16(17)12-14-7-4-3-5-8-14/h3-5,7-8,13,15-17H,2,6,9-12H2,1H3. The van der Waals surface area contributed by atoms with E-state index in [-0.39, 0.29) is 6.10 Å². The molecule has 1 saturated carbocycles. The monoisotopic (exact) mass is 232 g/mol. The minimum absolute atomic E-state index is 0.147. The predicted molar refractivity (Wildman–Crippen MR) is 71.9 cm³/mol. The Balaban J connectivity index is 1.89. The summed E-state index contributed by atoms with van der Waals surface area (Å²) in [5.74, 6) is 1.37. The highest BCUT2D eigenvalue weighted by atomic mass is 16.3. The maximum atomic E-state index is 10.3. The van der Waals surface area contributed by atoms with E-state index in [4.69, 9.17) is 0 Å². The molecule has 3 unspecified atom stereocenters. The van der Waals surface area contributed by atoms with Gasteiger partial charge >= 0.3 is 0 Å². The fourth-order valence-electron chi connectivity index (χ4n) is 3.08. The van der Waals surface area contributed by atoms with Crippen LogP contribution in [0.4, 0.5) is 0 Å². The van der Waals surface area contributed by atoms with E-state index in [1.165, 1.54) is 37.7 Å². The van der Waals surface area contributed by atoms with Gasteiger partial charge in [-0.25, -0.2) is 0 Å². The first-order chi connectivity index (χ1) is 8.29. The molecular weight excluding hydrogens is 208 g/mol. The van der Waals surface area contributed by atoms with Crippen molar-refractivity contribution in [2.75, 3.05) is 0 Å². The third-order valence-electron chi connectivity index (χ3n) is 4.23. The molecule has 17 heavy (non-hydrogen) atoms. The molecule has 1 aromatic rings. The second-order valence-electron chi connectivity index (χ2n) is 5.46. The van der Waals surface area contributed by atoms with Crippen molar-refractivity contribution in [3.63, 3.8) is 0 Å². The Hall–Kier alpha value is -0.820. The van der Waals surface area contributed by atoms with Gasteiger partial charge < -0.3 is 5.11 Å². The summed E-state index contributed by atoms with van der Waals surface area (Å²) in [5.41, 5.74) is 1.26. The first-order valence-corrected chi connectivity index (χ1v) is 7.01. The summed E-state index contributed by atoms with van der Waals surface area (Å²) in [7, 11) is 0. The number of hydrogen-bond donors (Lipinski definition) is 1. The van der Waals surface area contributed by atoms with Crippen molar-refractivity contribution in [2.45, 2.75) is 51.6 Å². The summed E-state index contributed by atoms with van der Waals surface area (Å²) in [6.07, 6.45) is 7.05. The third-order valence-corrected chi connectivity index (χ3v) is 4.23. The van der Waals surface area contributed by atoms with Crippen LogP contribution in [-0.4, -0.2) is 11.2 Å². The Labute approximate surface area is 105 Å². The minimum atomic E-state index is -0.147. The molecule has 0 aliphatic heterocycles. The van der Waals surface area contributed by atoms with E-state index in [0.717, 1.165) is 12.3 Å². The fraction of sp³-hybridized carbons (Fsp3) is 0.625. The van der Waals surface area contributed by atoms with E-state index in [2.05, 4.69) is 31.2 Å². The van der Waals surface area contributed by atoms with Crippen LogP contribution in [0.1, 0.15) is 44.6 Å². The number of rotatable bonds is 4. The van der Waals surface area contributed by atoms with Crippen LogP contribution in [-0.2, 0) is 6.42 Å². The van der Waals surface area contributed by atoms with Crippen LogP contribution in [0.5, 0.6) is 0 Å². The third kappa shape index (κ3) is 3.57. The summed E-state index contributed by atoms with van der Waals surface area (Å²) in [6.45, 7) is 2.27. The van der Waals surface area contributed by atoms with Gasteiger partial charge in [0, 0.05) is 0 Å². The van der Waals surface area contributed by atoms with Gasteiger partial charge in [-0.3, -0.25) is 0 Å². The molecule has 0 spiro atoms. The highest BCUT2D eigenvalue weighted by Crippen LogP contribution is 2.33. The van der Waals surface area contributed by atoms with Gasteiger partial charge in [-0.15, -0.1) is 0 Å². The average molecular weight is 232 g/mol. The molecule has 0 amide bonds. The molecule has 1 nitrogen and oxygen atoms in total. The zero-order chi connectivity index (χ0) is 12.1. The Bertz CT molecular complexity index is 320. The molecule has 1 fully saturated rings. The van der Waals surface area contributed by atoms with Gasteiger partial charge in [0.2, 0.25) is 0 Å². The normalized spacial score (nSPS) is 26.7. The highest BCUT2D eigenvalue weighted by Gasteiger charge is 2.26. The lowest BCUT2D eigenvalue weighted by Gasteiger charge is -2.31. The van der Waals surface area contributed by atoms with E-state index < -0.39 is 0 Å². The molecule has 0 bridgehead atoms.